The second kappa shape index (κ2) is 10.1. The van der Waals surface area contributed by atoms with E-state index in [4.69, 9.17) is 10.2 Å². The van der Waals surface area contributed by atoms with Crippen molar-refractivity contribution in [3.63, 3.8) is 0 Å². The number of aromatic nitrogens is 3. The van der Waals surface area contributed by atoms with Gasteiger partial charge in [-0.15, -0.1) is 0 Å². The van der Waals surface area contributed by atoms with Crippen molar-refractivity contribution in [3.05, 3.63) is 35.6 Å². The van der Waals surface area contributed by atoms with E-state index in [1.807, 2.05) is 6.07 Å². The average Bonchev–Trinajstić information content (AvgIpc) is 3.19. The fraction of sp³-hybridized carbons (Fsp3) is 0.450. The van der Waals surface area contributed by atoms with Crippen LogP contribution in [0.4, 0.5) is 16.8 Å². The first-order chi connectivity index (χ1) is 14.1. The van der Waals surface area contributed by atoms with Gasteiger partial charge in [-0.3, -0.25) is 4.79 Å². The van der Waals surface area contributed by atoms with Crippen LogP contribution in [-0.2, 0) is 11.2 Å². The molecule has 0 spiro atoms. The van der Waals surface area contributed by atoms with E-state index in [0.29, 0.717) is 28.7 Å². The highest BCUT2D eigenvalue weighted by molar-refractivity contribution is 7.16. The molecule has 0 aliphatic carbocycles. The molecule has 0 radical (unpaired) electrons. The van der Waals surface area contributed by atoms with E-state index in [1.54, 1.807) is 6.20 Å². The molecule has 1 N–H and O–H groups in total. The maximum absolute atomic E-state index is 11.4. The zero-order valence-electron chi connectivity index (χ0n) is 16.6. The van der Waals surface area contributed by atoms with E-state index in [9.17, 15) is 4.79 Å². The van der Waals surface area contributed by atoms with E-state index in [2.05, 4.69) is 44.8 Å². The van der Waals surface area contributed by atoms with Gasteiger partial charge in [-0.25, -0.2) is 15.0 Å². The van der Waals surface area contributed by atoms with Gasteiger partial charge in [-0.2, -0.15) is 5.26 Å². The number of aryl methyl sites for hydroxylation is 1. The van der Waals surface area contributed by atoms with Gasteiger partial charge in [0.05, 0.1) is 6.20 Å². The Bertz CT molecular complexity index is 896. The minimum Gasteiger partial charge on any atom is -0.354 e. The second-order valence-electron chi connectivity index (χ2n) is 6.96. The average molecular weight is 412 g/mol. The number of likely N-dealkylation sites (N-methyl/N-ethyl adjacent to an activating group) is 1. The van der Waals surface area contributed by atoms with Crippen LogP contribution < -0.4 is 10.2 Å². The molecule has 8 nitrogen and oxygen atoms in total. The minimum absolute atomic E-state index is 0.0662. The molecule has 2 aromatic rings. The maximum Gasteiger partial charge on any atom is 0.189 e. The number of ketones is 1. The van der Waals surface area contributed by atoms with Gasteiger partial charge in [0.1, 0.15) is 28.4 Å². The number of allylic oxidation sites excluding steroid dienone is 1. The normalized spacial score (nSPS) is 14.4. The van der Waals surface area contributed by atoms with Crippen molar-refractivity contribution in [2.45, 2.75) is 25.7 Å². The second-order valence-corrected chi connectivity index (χ2v) is 7.99. The number of nitriles is 1. The van der Waals surface area contributed by atoms with Crippen molar-refractivity contribution in [1.82, 2.24) is 19.9 Å². The number of rotatable bonds is 9. The van der Waals surface area contributed by atoms with Gasteiger partial charge in [0, 0.05) is 45.1 Å². The van der Waals surface area contributed by atoms with Crippen LogP contribution in [-0.4, -0.2) is 58.9 Å². The van der Waals surface area contributed by atoms with Gasteiger partial charge in [0.2, 0.25) is 0 Å². The van der Waals surface area contributed by atoms with Crippen molar-refractivity contribution >= 4 is 33.9 Å². The summed E-state index contributed by atoms with van der Waals surface area (Å²) in [5.74, 6) is 2.37. The SMILES string of the molecule is C=CC(=O)CCCCc1nc(Nc2ncc(C#N)s2)cc(N2CCN(C)CC2)n1. The van der Waals surface area contributed by atoms with Crippen LogP contribution in [0.25, 0.3) is 0 Å². The molecule has 2 aromatic heterocycles. The number of hydrogen-bond donors (Lipinski definition) is 1. The maximum atomic E-state index is 11.4. The number of carbonyl (C=O) groups is 1. The summed E-state index contributed by atoms with van der Waals surface area (Å²) in [4.78, 5) is 30.1. The fourth-order valence-electron chi connectivity index (χ4n) is 3.03. The van der Waals surface area contributed by atoms with Crippen LogP contribution in [0.5, 0.6) is 0 Å². The first-order valence-corrected chi connectivity index (χ1v) is 10.5. The Balaban J connectivity index is 1.74. The molecular weight excluding hydrogens is 386 g/mol. The fourth-order valence-corrected chi connectivity index (χ4v) is 3.65. The molecule has 0 amide bonds. The Morgan fingerprint density at radius 3 is 2.83 bits per heavy atom. The molecule has 1 aliphatic heterocycles. The molecule has 3 rings (SSSR count). The molecule has 0 aromatic carbocycles. The number of carbonyl (C=O) groups excluding carboxylic acids is 1. The first-order valence-electron chi connectivity index (χ1n) is 9.67. The number of hydrogen-bond acceptors (Lipinski definition) is 9. The lowest BCUT2D eigenvalue weighted by Crippen LogP contribution is -2.44. The number of nitrogens with one attached hydrogen (secondary N) is 1. The zero-order chi connectivity index (χ0) is 20.6. The van der Waals surface area contributed by atoms with Gasteiger partial charge >= 0.3 is 0 Å². The van der Waals surface area contributed by atoms with Gasteiger partial charge < -0.3 is 15.1 Å². The number of nitrogens with zero attached hydrogens (tertiary/aromatic N) is 6. The highest BCUT2D eigenvalue weighted by Crippen LogP contribution is 2.24. The molecule has 0 unspecified atom stereocenters. The molecule has 0 saturated carbocycles. The Morgan fingerprint density at radius 2 is 2.14 bits per heavy atom. The van der Waals surface area contributed by atoms with Gasteiger partial charge in [0.15, 0.2) is 10.9 Å². The standard InChI is InChI=1S/C20H25N7OS/c1-3-15(28)6-4-5-7-17-23-18(25-20-22-14-16(13-21)29-20)12-19(24-17)27-10-8-26(2)9-11-27/h3,12,14H,1,4-11H2,2H3,(H,22,23,24,25). The third-order valence-corrected chi connectivity index (χ3v) is 5.56. The van der Waals surface area contributed by atoms with Crippen molar-refractivity contribution in [2.24, 2.45) is 0 Å². The summed E-state index contributed by atoms with van der Waals surface area (Å²) < 4.78 is 0. The Morgan fingerprint density at radius 1 is 1.34 bits per heavy atom. The van der Waals surface area contributed by atoms with Crippen molar-refractivity contribution in [3.8, 4) is 6.07 Å². The van der Waals surface area contributed by atoms with E-state index < -0.39 is 0 Å². The lowest BCUT2D eigenvalue weighted by Gasteiger charge is -2.33. The highest BCUT2D eigenvalue weighted by Gasteiger charge is 2.17. The summed E-state index contributed by atoms with van der Waals surface area (Å²) in [5, 5.41) is 12.8. The third kappa shape index (κ3) is 6.07. The molecular formula is C20H25N7OS. The van der Waals surface area contributed by atoms with E-state index in [0.717, 1.165) is 50.7 Å². The summed E-state index contributed by atoms with van der Waals surface area (Å²) in [6.45, 7) is 7.31. The summed E-state index contributed by atoms with van der Waals surface area (Å²) in [6, 6.07) is 4.03. The third-order valence-electron chi connectivity index (χ3n) is 4.74. The van der Waals surface area contributed by atoms with Crippen LogP contribution in [0.3, 0.4) is 0 Å². The number of thiazole rings is 1. The number of anilines is 3. The van der Waals surface area contributed by atoms with Crippen LogP contribution in [0.15, 0.2) is 24.9 Å². The molecule has 0 atom stereocenters. The summed E-state index contributed by atoms with van der Waals surface area (Å²) in [7, 11) is 2.12. The van der Waals surface area contributed by atoms with Crippen LogP contribution in [0, 0.1) is 11.3 Å². The molecule has 29 heavy (non-hydrogen) atoms. The molecule has 1 saturated heterocycles. The Labute approximate surface area is 174 Å². The van der Waals surface area contributed by atoms with Crippen LogP contribution in [0.1, 0.15) is 30.0 Å². The van der Waals surface area contributed by atoms with Gasteiger partial charge in [-0.1, -0.05) is 17.9 Å². The predicted molar refractivity (Wildman–Crippen MR) is 115 cm³/mol. The van der Waals surface area contributed by atoms with Gasteiger partial charge in [-0.05, 0) is 26.0 Å². The predicted octanol–water partition coefficient (Wildman–Crippen LogP) is 2.77. The van der Waals surface area contributed by atoms with Gasteiger partial charge in [0.25, 0.3) is 0 Å². The van der Waals surface area contributed by atoms with E-state index in [-0.39, 0.29) is 5.78 Å². The Hall–Kier alpha value is -2.83. The number of piperazine rings is 1. The minimum atomic E-state index is 0.0662. The Kier molecular flexibility index (Phi) is 7.27. The molecule has 0 bridgehead atoms. The summed E-state index contributed by atoms with van der Waals surface area (Å²) in [5.41, 5.74) is 0. The summed E-state index contributed by atoms with van der Waals surface area (Å²) >= 11 is 1.29. The molecule has 3 heterocycles. The molecule has 1 fully saturated rings. The lowest BCUT2D eigenvalue weighted by atomic mass is 10.1. The van der Waals surface area contributed by atoms with E-state index >= 15 is 0 Å². The highest BCUT2D eigenvalue weighted by atomic mass is 32.1. The van der Waals surface area contributed by atoms with Crippen LogP contribution in [0.2, 0.25) is 0 Å². The topological polar surface area (TPSA) is 98.0 Å². The smallest absolute Gasteiger partial charge is 0.189 e. The first kappa shape index (κ1) is 20.9. The number of unbranched alkanes of at least 4 members (excludes halogenated alkanes) is 1. The van der Waals surface area contributed by atoms with Crippen LogP contribution >= 0.6 is 11.3 Å². The largest absolute Gasteiger partial charge is 0.354 e. The zero-order valence-corrected chi connectivity index (χ0v) is 17.4. The van der Waals surface area contributed by atoms with E-state index in [1.165, 1.54) is 17.4 Å². The lowest BCUT2D eigenvalue weighted by molar-refractivity contribution is -0.114. The van der Waals surface area contributed by atoms with Crippen molar-refractivity contribution in [1.29, 1.82) is 5.26 Å². The quantitative estimate of drug-likeness (QED) is 0.497. The van der Waals surface area contributed by atoms with Crippen molar-refractivity contribution in [2.75, 3.05) is 43.4 Å². The monoisotopic (exact) mass is 411 g/mol. The van der Waals surface area contributed by atoms with Crippen molar-refractivity contribution < 1.29 is 4.79 Å². The molecule has 1 aliphatic rings. The molecule has 9 heteroatoms. The molecule has 152 valence electrons. The summed E-state index contributed by atoms with van der Waals surface area (Å²) in [6.07, 6.45) is 5.74.